The third-order valence-electron chi connectivity index (χ3n) is 6.52. The van der Waals surface area contributed by atoms with Crippen molar-refractivity contribution < 1.29 is 18.7 Å². The first-order valence-corrected chi connectivity index (χ1v) is 12.0. The Hall–Kier alpha value is -2.67. The molecule has 0 aliphatic carbocycles. The highest BCUT2D eigenvalue weighted by molar-refractivity contribution is 5.92. The van der Waals surface area contributed by atoms with Crippen LogP contribution in [0, 0.1) is 18.8 Å². The highest BCUT2D eigenvalue weighted by Crippen LogP contribution is 2.22. The van der Waals surface area contributed by atoms with Gasteiger partial charge in [0.25, 0.3) is 5.91 Å². The van der Waals surface area contributed by atoms with Crippen LogP contribution >= 0.6 is 0 Å². The fourth-order valence-electron chi connectivity index (χ4n) is 4.21. The van der Waals surface area contributed by atoms with Crippen molar-refractivity contribution in [2.45, 2.75) is 66.6 Å². The lowest BCUT2D eigenvalue weighted by Crippen LogP contribution is -2.40. The van der Waals surface area contributed by atoms with Gasteiger partial charge in [0.15, 0.2) is 5.69 Å². The molecular weight excluding hydrogens is 418 g/mol. The van der Waals surface area contributed by atoms with Crippen LogP contribution in [0.15, 0.2) is 34.9 Å². The molecule has 1 unspecified atom stereocenters. The van der Waals surface area contributed by atoms with Gasteiger partial charge in [-0.15, -0.1) is 0 Å². The number of hydrogen-bond donors (Lipinski definition) is 0. The van der Waals surface area contributed by atoms with E-state index < -0.39 is 0 Å². The molecule has 1 amide bonds. The lowest BCUT2D eigenvalue weighted by molar-refractivity contribution is -0.149. The summed E-state index contributed by atoms with van der Waals surface area (Å²) in [5.74, 6) is 0.566. The van der Waals surface area contributed by atoms with Crippen LogP contribution < -0.4 is 0 Å². The Morgan fingerprint density at radius 3 is 2.58 bits per heavy atom. The molecule has 7 nitrogen and oxygen atoms in total. The Labute approximate surface area is 197 Å². The summed E-state index contributed by atoms with van der Waals surface area (Å²) < 4.78 is 10.8. The highest BCUT2D eigenvalue weighted by atomic mass is 16.5. The lowest BCUT2D eigenvalue weighted by Gasteiger charge is -2.31. The molecule has 1 atom stereocenters. The zero-order valence-corrected chi connectivity index (χ0v) is 20.5. The molecule has 7 heteroatoms. The average Bonchev–Trinajstić information content (AvgIpc) is 3.26. The second-order valence-corrected chi connectivity index (χ2v) is 9.32. The van der Waals surface area contributed by atoms with Gasteiger partial charge in [0.05, 0.1) is 19.1 Å². The third kappa shape index (κ3) is 6.67. The molecule has 2 heterocycles. The number of amides is 1. The van der Waals surface area contributed by atoms with E-state index in [-0.39, 0.29) is 17.8 Å². The smallest absolute Gasteiger partial charge is 0.309 e. The van der Waals surface area contributed by atoms with Crippen molar-refractivity contribution in [1.29, 1.82) is 0 Å². The molecular formula is C26H37N3O4. The summed E-state index contributed by atoms with van der Waals surface area (Å²) in [5.41, 5.74) is 2.81. The normalized spacial score (nSPS) is 15.8. The Morgan fingerprint density at radius 1 is 1.21 bits per heavy atom. The van der Waals surface area contributed by atoms with Gasteiger partial charge in [-0.1, -0.05) is 43.7 Å². The van der Waals surface area contributed by atoms with E-state index in [1.165, 1.54) is 17.4 Å². The van der Waals surface area contributed by atoms with Gasteiger partial charge in [0.2, 0.25) is 5.89 Å². The van der Waals surface area contributed by atoms with Crippen LogP contribution in [0.2, 0.25) is 0 Å². The van der Waals surface area contributed by atoms with Gasteiger partial charge < -0.3 is 14.1 Å². The SMILES string of the molecule is CCOC(=O)C1CCN(C(=O)c2coc(CN(Cc3cccc(C)c3)C(C)C(C)C)n2)CC1. The van der Waals surface area contributed by atoms with Crippen LogP contribution in [0.3, 0.4) is 0 Å². The highest BCUT2D eigenvalue weighted by Gasteiger charge is 2.30. The summed E-state index contributed by atoms with van der Waals surface area (Å²) in [6.45, 7) is 13.3. The number of oxazole rings is 1. The van der Waals surface area contributed by atoms with Gasteiger partial charge in [-0.05, 0) is 45.1 Å². The number of esters is 1. The van der Waals surface area contributed by atoms with E-state index in [0.29, 0.717) is 62.6 Å². The first kappa shape index (κ1) is 25.0. The molecule has 0 spiro atoms. The molecule has 1 aromatic carbocycles. The average molecular weight is 456 g/mol. The number of carbonyl (C=O) groups is 2. The van der Waals surface area contributed by atoms with E-state index >= 15 is 0 Å². The number of rotatable bonds is 9. The van der Waals surface area contributed by atoms with Gasteiger partial charge in [-0.3, -0.25) is 14.5 Å². The molecule has 3 rings (SSSR count). The first-order valence-electron chi connectivity index (χ1n) is 12.0. The zero-order chi connectivity index (χ0) is 24.0. The minimum Gasteiger partial charge on any atom is -0.466 e. The number of ether oxygens (including phenoxy) is 1. The third-order valence-corrected chi connectivity index (χ3v) is 6.52. The minimum atomic E-state index is -0.165. The standard InChI is InChI=1S/C26H37N3O4/c1-6-32-26(31)22-10-12-28(13-11-22)25(30)23-17-33-24(27-23)16-29(20(5)18(2)3)15-21-9-7-8-19(4)14-21/h7-9,14,17-18,20,22H,6,10-13,15-16H2,1-5H3. The largest absolute Gasteiger partial charge is 0.466 e. The maximum absolute atomic E-state index is 12.9. The Morgan fingerprint density at radius 2 is 1.94 bits per heavy atom. The molecule has 0 saturated carbocycles. The molecule has 1 aliphatic rings. The summed E-state index contributed by atoms with van der Waals surface area (Å²) in [4.78, 5) is 33.5. The molecule has 0 radical (unpaired) electrons. The minimum absolute atomic E-state index is 0.130. The van der Waals surface area contributed by atoms with Crippen LogP contribution in [0.5, 0.6) is 0 Å². The van der Waals surface area contributed by atoms with Crippen molar-refractivity contribution >= 4 is 11.9 Å². The van der Waals surface area contributed by atoms with Crippen LogP contribution in [-0.2, 0) is 22.6 Å². The second-order valence-electron chi connectivity index (χ2n) is 9.32. The van der Waals surface area contributed by atoms with Crippen molar-refractivity contribution in [3.05, 3.63) is 53.2 Å². The topological polar surface area (TPSA) is 75.9 Å². The number of aryl methyl sites for hydroxylation is 1. The molecule has 1 fully saturated rings. The van der Waals surface area contributed by atoms with E-state index in [2.05, 4.69) is 61.8 Å². The summed E-state index contributed by atoms with van der Waals surface area (Å²) in [7, 11) is 0. The van der Waals surface area contributed by atoms with E-state index in [4.69, 9.17) is 9.15 Å². The zero-order valence-electron chi connectivity index (χ0n) is 20.5. The number of piperidine rings is 1. The van der Waals surface area contributed by atoms with Crippen LogP contribution in [0.25, 0.3) is 0 Å². The number of hydrogen-bond acceptors (Lipinski definition) is 6. The molecule has 0 bridgehead atoms. The van der Waals surface area contributed by atoms with Gasteiger partial charge in [-0.2, -0.15) is 0 Å². The predicted octanol–water partition coefficient (Wildman–Crippen LogP) is 4.45. The summed E-state index contributed by atoms with van der Waals surface area (Å²) in [6, 6.07) is 8.83. The van der Waals surface area contributed by atoms with E-state index in [1.54, 1.807) is 4.90 Å². The first-order chi connectivity index (χ1) is 15.8. The molecule has 2 aromatic rings. The predicted molar refractivity (Wildman–Crippen MR) is 126 cm³/mol. The van der Waals surface area contributed by atoms with Gasteiger partial charge >= 0.3 is 5.97 Å². The van der Waals surface area contributed by atoms with Crippen LogP contribution in [-0.4, -0.2) is 52.4 Å². The van der Waals surface area contributed by atoms with E-state index in [9.17, 15) is 9.59 Å². The van der Waals surface area contributed by atoms with Crippen LogP contribution in [0.4, 0.5) is 0 Å². The quantitative estimate of drug-likeness (QED) is 0.520. The fraction of sp³-hybridized carbons (Fsp3) is 0.577. The molecule has 1 saturated heterocycles. The van der Waals surface area contributed by atoms with Crippen LogP contribution in [0.1, 0.15) is 68.0 Å². The van der Waals surface area contributed by atoms with Crippen molar-refractivity contribution in [3.8, 4) is 0 Å². The molecule has 33 heavy (non-hydrogen) atoms. The maximum Gasteiger partial charge on any atom is 0.309 e. The van der Waals surface area contributed by atoms with Crippen molar-refractivity contribution in [1.82, 2.24) is 14.8 Å². The summed E-state index contributed by atoms with van der Waals surface area (Å²) in [5, 5.41) is 0. The second kappa shape index (κ2) is 11.5. The maximum atomic E-state index is 12.9. The number of nitrogens with zero attached hydrogens (tertiary/aromatic N) is 3. The Bertz CT molecular complexity index is 931. The molecule has 1 aliphatic heterocycles. The van der Waals surface area contributed by atoms with E-state index in [0.717, 1.165) is 6.54 Å². The summed E-state index contributed by atoms with van der Waals surface area (Å²) >= 11 is 0. The summed E-state index contributed by atoms with van der Waals surface area (Å²) in [6.07, 6.45) is 2.69. The van der Waals surface area contributed by atoms with Crippen molar-refractivity contribution in [3.63, 3.8) is 0 Å². The Kier molecular flexibility index (Phi) is 8.67. The monoisotopic (exact) mass is 455 g/mol. The van der Waals surface area contributed by atoms with E-state index in [1.807, 2.05) is 6.92 Å². The van der Waals surface area contributed by atoms with Crippen molar-refractivity contribution in [2.24, 2.45) is 11.8 Å². The fourth-order valence-corrected chi connectivity index (χ4v) is 4.21. The number of aromatic nitrogens is 1. The van der Waals surface area contributed by atoms with Crippen molar-refractivity contribution in [2.75, 3.05) is 19.7 Å². The number of carbonyl (C=O) groups excluding carboxylic acids is 2. The van der Waals surface area contributed by atoms with Gasteiger partial charge in [0, 0.05) is 25.7 Å². The number of benzene rings is 1. The Balaban J connectivity index is 1.63. The molecule has 180 valence electrons. The van der Waals surface area contributed by atoms with Gasteiger partial charge in [0.1, 0.15) is 6.26 Å². The molecule has 1 aromatic heterocycles. The lowest BCUT2D eigenvalue weighted by atomic mass is 9.97. The number of likely N-dealkylation sites (tertiary alicyclic amines) is 1. The van der Waals surface area contributed by atoms with Gasteiger partial charge in [-0.25, -0.2) is 4.98 Å². The molecule has 0 N–H and O–H groups in total.